The second kappa shape index (κ2) is 12.1. The van der Waals surface area contributed by atoms with Crippen LogP contribution in [0.3, 0.4) is 0 Å². The molecule has 0 atom stereocenters. The molecule has 0 radical (unpaired) electrons. The third kappa shape index (κ3) is 12.1. The van der Waals surface area contributed by atoms with Crippen LogP contribution in [0.2, 0.25) is 0 Å². The first-order chi connectivity index (χ1) is 7.13. The molecule has 0 bridgehead atoms. The standard InChI is InChI=1S/C6H5NO2.C3H8.C2H3N/c8-7(9)6-4-2-1-3-5-6;1-3-2;1-2-3/h1-5H;3H2,1-2H3;1H3. The summed E-state index contributed by atoms with van der Waals surface area (Å²) >= 11 is 0. The average molecular weight is 208 g/mol. The number of non-ortho nitro benzene ring substituents is 1. The lowest BCUT2D eigenvalue weighted by Gasteiger charge is -1.85. The number of nitrogens with zero attached hydrogens (tertiary/aromatic N) is 2. The van der Waals surface area contributed by atoms with Crippen LogP contribution in [0.4, 0.5) is 5.69 Å². The van der Waals surface area contributed by atoms with Crippen LogP contribution in [-0.4, -0.2) is 4.92 Å². The van der Waals surface area contributed by atoms with Gasteiger partial charge in [0.05, 0.1) is 11.0 Å². The Hall–Kier alpha value is -1.89. The van der Waals surface area contributed by atoms with Gasteiger partial charge in [0.25, 0.3) is 5.69 Å². The first kappa shape index (κ1) is 15.6. The minimum Gasteiger partial charge on any atom is -0.258 e. The Kier molecular flexibility index (Phi) is 12.6. The fraction of sp³-hybridized carbons (Fsp3) is 0.364. The molecule has 0 spiro atoms. The summed E-state index contributed by atoms with van der Waals surface area (Å²) in [5, 5.41) is 17.3. The van der Waals surface area contributed by atoms with E-state index >= 15 is 0 Å². The van der Waals surface area contributed by atoms with E-state index in [0.29, 0.717) is 0 Å². The summed E-state index contributed by atoms with van der Waals surface area (Å²) in [6, 6.07) is 9.68. The van der Waals surface area contributed by atoms with Crippen LogP contribution in [0.25, 0.3) is 0 Å². The smallest absolute Gasteiger partial charge is 0.258 e. The van der Waals surface area contributed by atoms with Crippen LogP contribution in [0.5, 0.6) is 0 Å². The predicted molar refractivity (Wildman–Crippen MR) is 60.3 cm³/mol. The maximum atomic E-state index is 10.0. The normalized spacial score (nSPS) is 7.07. The van der Waals surface area contributed by atoms with Crippen molar-refractivity contribution < 1.29 is 4.92 Å². The van der Waals surface area contributed by atoms with Crippen molar-refractivity contribution in [1.29, 1.82) is 5.26 Å². The van der Waals surface area contributed by atoms with Gasteiger partial charge in [-0.15, -0.1) is 0 Å². The Labute approximate surface area is 90.3 Å². The fourth-order valence-corrected chi connectivity index (χ4v) is 0.550. The van der Waals surface area contributed by atoms with E-state index in [4.69, 9.17) is 5.26 Å². The lowest BCUT2D eigenvalue weighted by atomic mass is 10.3. The van der Waals surface area contributed by atoms with Crippen LogP contribution < -0.4 is 0 Å². The first-order valence-electron chi connectivity index (χ1n) is 4.64. The Morgan fingerprint density at radius 1 is 1.33 bits per heavy atom. The highest BCUT2D eigenvalue weighted by Gasteiger charge is 1.98. The lowest BCUT2D eigenvalue weighted by molar-refractivity contribution is -0.384. The average Bonchev–Trinajstić information content (AvgIpc) is 2.21. The molecule has 0 aliphatic rings. The molecule has 0 aliphatic carbocycles. The van der Waals surface area contributed by atoms with Gasteiger partial charge in [0.2, 0.25) is 0 Å². The molecule has 0 amide bonds. The quantitative estimate of drug-likeness (QED) is 0.523. The Morgan fingerprint density at radius 2 is 1.67 bits per heavy atom. The second-order valence-corrected chi connectivity index (χ2v) is 2.52. The summed E-state index contributed by atoms with van der Waals surface area (Å²) in [7, 11) is 0. The zero-order valence-corrected chi connectivity index (χ0v) is 9.30. The van der Waals surface area contributed by atoms with Crippen molar-refractivity contribution in [1.82, 2.24) is 0 Å². The molecule has 0 saturated carbocycles. The highest BCUT2D eigenvalue weighted by molar-refractivity contribution is 5.27. The third-order valence-electron chi connectivity index (χ3n) is 0.967. The monoisotopic (exact) mass is 208 g/mol. The number of para-hydroxylation sites is 1. The lowest BCUT2D eigenvalue weighted by Crippen LogP contribution is -1.84. The maximum Gasteiger partial charge on any atom is 0.269 e. The van der Waals surface area contributed by atoms with Crippen LogP contribution in [0.1, 0.15) is 27.2 Å². The first-order valence-corrected chi connectivity index (χ1v) is 4.64. The Morgan fingerprint density at radius 3 is 1.87 bits per heavy atom. The molecule has 15 heavy (non-hydrogen) atoms. The van der Waals surface area contributed by atoms with Gasteiger partial charge in [0.1, 0.15) is 0 Å². The molecular weight excluding hydrogens is 192 g/mol. The van der Waals surface area contributed by atoms with Gasteiger partial charge in [-0.3, -0.25) is 10.1 Å². The van der Waals surface area contributed by atoms with Gasteiger partial charge >= 0.3 is 0 Å². The van der Waals surface area contributed by atoms with Gasteiger partial charge in [-0.1, -0.05) is 38.5 Å². The van der Waals surface area contributed by atoms with Gasteiger partial charge < -0.3 is 0 Å². The Balaban J connectivity index is 0. The Bertz CT molecular complexity index is 291. The molecule has 0 unspecified atom stereocenters. The molecule has 4 heteroatoms. The van der Waals surface area contributed by atoms with Gasteiger partial charge in [-0.25, -0.2) is 0 Å². The summed E-state index contributed by atoms with van der Waals surface area (Å²) in [6.45, 7) is 5.68. The van der Waals surface area contributed by atoms with E-state index in [1.807, 2.05) is 0 Å². The van der Waals surface area contributed by atoms with Gasteiger partial charge in [0.15, 0.2) is 0 Å². The predicted octanol–water partition coefficient (Wildman–Crippen LogP) is 3.54. The van der Waals surface area contributed by atoms with Gasteiger partial charge in [0, 0.05) is 19.1 Å². The topological polar surface area (TPSA) is 66.9 Å². The molecule has 0 aromatic heterocycles. The number of benzene rings is 1. The van der Waals surface area contributed by atoms with E-state index in [1.54, 1.807) is 24.3 Å². The minimum atomic E-state index is -0.417. The summed E-state index contributed by atoms with van der Waals surface area (Å²) in [6.07, 6.45) is 1.25. The van der Waals surface area contributed by atoms with Crippen LogP contribution in [0.15, 0.2) is 30.3 Å². The molecule has 1 aromatic carbocycles. The molecule has 1 rings (SSSR count). The van der Waals surface area contributed by atoms with Crippen molar-refractivity contribution >= 4 is 5.69 Å². The number of rotatable bonds is 1. The fourth-order valence-electron chi connectivity index (χ4n) is 0.550. The molecule has 0 fully saturated rings. The molecule has 0 N–H and O–H groups in total. The van der Waals surface area contributed by atoms with E-state index in [1.165, 1.54) is 25.5 Å². The second-order valence-electron chi connectivity index (χ2n) is 2.52. The summed E-state index contributed by atoms with van der Waals surface area (Å²) in [5.74, 6) is 0. The maximum absolute atomic E-state index is 10.0. The van der Waals surface area contributed by atoms with E-state index < -0.39 is 4.92 Å². The number of nitro benzene ring substituents is 1. The van der Waals surface area contributed by atoms with Crippen molar-refractivity contribution in [3.8, 4) is 6.07 Å². The van der Waals surface area contributed by atoms with Crippen LogP contribution in [0, 0.1) is 21.4 Å². The highest BCUT2D eigenvalue weighted by atomic mass is 16.6. The molecule has 0 saturated heterocycles. The highest BCUT2D eigenvalue weighted by Crippen LogP contribution is 2.06. The van der Waals surface area contributed by atoms with Crippen molar-refractivity contribution in [2.75, 3.05) is 0 Å². The van der Waals surface area contributed by atoms with Gasteiger partial charge in [-0.05, 0) is 0 Å². The zero-order valence-electron chi connectivity index (χ0n) is 9.30. The molecule has 1 aromatic rings. The largest absolute Gasteiger partial charge is 0.269 e. The third-order valence-corrected chi connectivity index (χ3v) is 0.967. The summed E-state index contributed by atoms with van der Waals surface area (Å²) < 4.78 is 0. The van der Waals surface area contributed by atoms with Crippen LogP contribution >= 0.6 is 0 Å². The van der Waals surface area contributed by atoms with E-state index in [0.717, 1.165) is 0 Å². The number of nitriles is 1. The van der Waals surface area contributed by atoms with Crippen molar-refractivity contribution in [2.24, 2.45) is 0 Å². The summed E-state index contributed by atoms with van der Waals surface area (Å²) in [4.78, 5) is 9.59. The minimum absolute atomic E-state index is 0.137. The molecule has 0 aliphatic heterocycles. The van der Waals surface area contributed by atoms with Crippen molar-refractivity contribution in [3.63, 3.8) is 0 Å². The van der Waals surface area contributed by atoms with E-state index in [2.05, 4.69) is 13.8 Å². The van der Waals surface area contributed by atoms with Crippen molar-refractivity contribution in [2.45, 2.75) is 27.2 Å². The molecule has 0 heterocycles. The zero-order chi connectivity index (χ0) is 12.1. The molecule has 4 nitrogen and oxygen atoms in total. The number of hydrogen-bond donors (Lipinski definition) is 0. The number of nitro groups is 1. The summed E-state index contributed by atoms with van der Waals surface area (Å²) in [5.41, 5.74) is 0.137. The van der Waals surface area contributed by atoms with E-state index in [-0.39, 0.29) is 5.69 Å². The van der Waals surface area contributed by atoms with Crippen LogP contribution in [-0.2, 0) is 0 Å². The molecule has 82 valence electrons. The van der Waals surface area contributed by atoms with Crippen molar-refractivity contribution in [3.05, 3.63) is 40.4 Å². The van der Waals surface area contributed by atoms with Gasteiger partial charge in [-0.2, -0.15) is 5.26 Å². The van der Waals surface area contributed by atoms with E-state index in [9.17, 15) is 10.1 Å². The molecular formula is C11H16N2O2. The number of hydrogen-bond acceptors (Lipinski definition) is 3. The SMILES string of the molecule is CC#N.CCC.O=[N+]([O-])c1ccccc1.